The summed E-state index contributed by atoms with van der Waals surface area (Å²) in [5, 5.41) is 12.6. The molecule has 2 fully saturated rings. The number of carboxylic acid groups (broad SMARTS) is 1. The number of aliphatic carboxylic acids is 1. The molecule has 2 N–H and O–H groups in total. The Bertz CT molecular complexity index is 546. The van der Waals surface area contributed by atoms with Crippen molar-refractivity contribution in [1.29, 1.82) is 0 Å². The third kappa shape index (κ3) is 12.7. The van der Waals surface area contributed by atoms with Crippen LogP contribution < -0.4 is 5.32 Å². The molecule has 0 bridgehead atoms. The van der Waals surface area contributed by atoms with Crippen LogP contribution in [-0.2, 0) is 9.59 Å². The van der Waals surface area contributed by atoms with Crippen LogP contribution in [0.25, 0.3) is 0 Å². The van der Waals surface area contributed by atoms with Crippen molar-refractivity contribution in [2.24, 2.45) is 5.92 Å². The molecule has 0 aromatic carbocycles. The molecule has 1 spiro atoms. The fraction of sp³-hybridized carbons (Fsp3) is 0.909. The van der Waals surface area contributed by atoms with Crippen molar-refractivity contribution in [3.8, 4) is 0 Å². The summed E-state index contributed by atoms with van der Waals surface area (Å²) in [6.07, 6.45) is 17.2. The topological polar surface area (TPSA) is 66.4 Å². The third-order valence-electron chi connectivity index (χ3n) is 5.63. The van der Waals surface area contributed by atoms with Crippen molar-refractivity contribution in [2.45, 2.75) is 111 Å². The lowest BCUT2D eigenvalue weighted by Crippen LogP contribution is -2.26. The van der Waals surface area contributed by atoms with Crippen molar-refractivity contribution >= 4 is 76.6 Å². The van der Waals surface area contributed by atoms with Gasteiger partial charge < -0.3 is 10.4 Å². The fourth-order valence-electron chi connectivity index (χ4n) is 3.60. The molecule has 0 unspecified atom stereocenters. The van der Waals surface area contributed by atoms with Crippen LogP contribution in [0.3, 0.4) is 0 Å². The van der Waals surface area contributed by atoms with E-state index < -0.39 is 5.97 Å². The number of carbonyl (C=O) groups is 2. The summed E-state index contributed by atoms with van der Waals surface area (Å²) in [6, 6.07) is 0. The Balaban J connectivity index is 0.00000544. The Kier molecular flexibility index (Phi) is 16.0. The van der Waals surface area contributed by atoms with Gasteiger partial charge in [0.25, 0.3) is 0 Å². The summed E-state index contributed by atoms with van der Waals surface area (Å²) in [6.45, 7) is 2.92. The molecule has 2 heterocycles. The van der Waals surface area contributed by atoms with Crippen LogP contribution in [0, 0.1) is 5.92 Å². The number of unbranched alkanes of at least 4 members (excludes halogenated alkanes) is 11. The average Bonchev–Trinajstić information content (AvgIpc) is 3.54. The number of rotatable bonds is 19. The van der Waals surface area contributed by atoms with Crippen LogP contribution >= 0.6 is 64.8 Å². The molecule has 10 heteroatoms. The maximum Gasteiger partial charge on any atom is 0.308 e. The van der Waals surface area contributed by atoms with E-state index in [4.69, 9.17) is 0 Å². The average molecular weight is 560 g/mol. The minimum atomic E-state index is -0.691. The van der Waals surface area contributed by atoms with Crippen molar-refractivity contribution in [3.63, 3.8) is 0 Å². The van der Waals surface area contributed by atoms with E-state index in [0.717, 1.165) is 25.7 Å². The number of hydrogen-bond acceptors (Lipinski definition) is 8. The molecule has 2 rings (SSSR count). The van der Waals surface area contributed by atoms with Crippen LogP contribution in [0.4, 0.5) is 0 Å². The van der Waals surface area contributed by atoms with Gasteiger partial charge in [-0.05, 0) is 40.9 Å². The van der Waals surface area contributed by atoms with E-state index in [-0.39, 0.29) is 20.6 Å². The zero-order valence-electron chi connectivity index (χ0n) is 19.2. The summed E-state index contributed by atoms with van der Waals surface area (Å²) >= 11 is 0. The van der Waals surface area contributed by atoms with Gasteiger partial charge in [-0.25, -0.2) is 0 Å². The van der Waals surface area contributed by atoms with Crippen molar-refractivity contribution in [2.75, 3.05) is 6.54 Å². The highest BCUT2D eigenvalue weighted by Crippen LogP contribution is 2.84. The van der Waals surface area contributed by atoms with Gasteiger partial charge in [0, 0.05) is 14.4 Å². The Hall–Kier alpha value is 1.04. The third-order valence-corrected chi connectivity index (χ3v) is 19.5. The lowest BCUT2D eigenvalue weighted by atomic mass is 10.0. The number of carbonyl (C=O) groups excluding carboxylic acids is 1. The summed E-state index contributed by atoms with van der Waals surface area (Å²) in [7, 11) is 10.8. The molecule has 2 aliphatic rings. The minimum Gasteiger partial charge on any atom is -0.481 e. The van der Waals surface area contributed by atoms with Crippen molar-refractivity contribution < 1.29 is 16.1 Å². The summed E-state index contributed by atoms with van der Waals surface area (Å²) in [5.74, 6) is -0.862. The first kappa shape index (κ1) is 29.3. The molecule has 4 nitrogen and oxygen atoms in total. The second-order valence-electron chi connectivity index (χ2n) is 8.47. The van der Waals surface area contributed by atoms with E-state index in [2.05, 4.69) is 12.2 Å². The Morgan fingerprint density at radius 3 is 1.94 bits per heavy atom. The highest BCUT2D eigenvalue weighted by Gasteiger charge is 2.53. The fourth-order valence-corrected chi connectivity index (χ4v) is 17.4. The normalized spacial score (nSPS) is 18.5. The molecule has 32 heavy (non-hydrogen) atoms. The van der Waals surface area contributed by atoms with Crippen LogP contribution in [0.2, 0.25) is 0 Å². The number of nitrogens with one attached hydrogen (secondary N) is 1. The van der Waals surface area contributed by atoms with Gasteiger partial charge in [0.1, 0.15) is 0 Å². The zero-order valence-corrected chi connectivity index (χ0v) is 24.1. The highest BCUT2D eigenvalue weighted by atomic mass is 33.2. The Morgan fingerprint density at radius 1 is 0.844 bits per heavy atom. The van der Waals surface area contributed by atoms with Crippen LogP contribution in [0.1, 0.15) is 105 Å². The van der Waals surface area contributed by atoms with E-state index in [1.165, 1.54) is 57.8 Å². The van der Waals surface area contributed by atoms with Crippen molar-refractivity contribution in [1.82, 2.24) is 5.32 Å². The van der Waals surface area contributed by atoms with Crippen LogP contribution in [0.5, 0.6) is 0 Å². The van der Waals surface area contributed by atoms with Crippen LogP contribution in [0.15, 0.2) is 0 Å². The van der Waals surface area contributed by atoms with E-state index in [1.54, 1.807) is 21.6 Å². The summed E-state index contributed by atoms with van der Waals surface area (Å²) in [4.78, 5) is 23.7. The standard InChI is InChI=1S/C22H39NO3S6.H2/c1-2-3-4-5-6-7-8-9-10-11-12-16-19(24)23-17-14-13-15-18(20(25)26)21-27-29-22(30-28-21)31-32-22;/h18,21H,2-17H2,1H3,(H,23,24)(H,25,26);1H/t18-;/m0./s1. The molecular weight excluding hydrogens is 519 g/mol. The van der Waals surface area contributed by atoms with Gasteiger partial charge in [0.05, 0.1) is 10.5 Å². The molecule has 1 amide bonds. The molecule has 0 saturated carbocycles. The molecule has 188 valence electrons. The minimum absolute atomic E-state index is 0. The second-order valence-corrected chi connectivity index (χ2v) is 18.0. The quantitative estimate of drug-likeness (QED) is 0.0916. The number of amides is 1. The monoisotopic (exact) mass is 559 g/mol. The predicted molar refractivity (Wildman–Crippen MR) is 153 cm³/mol. The van der Waals surface area contributed by atoms with Gasteiger partial charge >= 0.3 is 5.97 Å². The van der Waals surface area contributed by atoms with Gasteiger partial charge in [-0.15, -0.1) is 0 Å². The molecule has 0 aromatic rings. The first-order valence-electron chi connectivity index (χ1n) is 12.1. The SMILES string of the molecule is CCCCCCCCCCCCCC(=O)NCCCC[C@@H](C(=O)O)C1SSC2(SS1)SS2.[HH]. The van der Waals surface area contributed by atoms with E-state index >= 15 is 0 Å². The van der Waals surface area contributed by atoms with Crippen LogP contribution in [-0.4, -0.2) is 30.9 Å². The largest absolute Gasteiger partial charge is 0.481 e. The van der Waals surface area contributed by atoms with Crippen molar-refractivity contribution in [3.05, 3.63) is 0 Å². The van der Waals surface area contributed by atoms with Gasteiger partial charge in [-0.3, -0.25) is 9.59 Å². The summed E-state index contributed by atoms with van der Waals surface area (Å²) < 4.78 is 0.318. The zero-order chi connectivity index (χ0) is 23.1. The van der Waals surface area contributed by atoms with E-state index in [1.807, 2.05) is 43.2 Å². The lowest BCUT2D eigenvalue weighted by molar-refractivity contribution is -0.141. The van der Waals surface area contributed by atoms with Gasteiger partial charge in [-0.2, -0.15) is 0 Å². The Labute approximate surface area is 219 Å². The molecule has 2 aliphatic heterocycles. The first-order valence-corrected chi connectivity index (χ1v) is 18.7. The smallest absolute Gasteiger partial charge is 0.308 e. The van der Waals surface area contributed by atoms with Gasteiger partial charge in [0.2, 0.25) is 5.91 Å². The highest BCUT2D eigenvalue weighted by molar-refractivity contribution is 9.14. The Morgan fingerprint density at radius 2 is 1.41 bits per heavy atom. The molecule has 2 saturated heterocycles. The summed E-state index contributed by atoms with van der Waals surface area (Å²) in [5.41, 5.74) is 0. The van der Waals surface area contributed by atoms with Gasteiger partial charge in [0.15, 0.2) is 2.74 Å². The second kappa shape index (κ2) is 17.5. The first-order chi connectivity index (χ1) is 15.6. The maximum absolute atomic E-state index is 12.0. The molecule has 1 atom stereocenters. The van der Waals surface area contributed by atoms with E-state index in [9.17, 15) is 14.7 Å². The molecule has 0 radical (unpaired) electrons. The van der Waals surface area contributed by atoms with Gasteiger partial charge in [-0.1, -0.05) is 121 Å². The van der Waals surface area contributed by atoms with E-state index in [0.29, 0.717) is 19.4 Å². The molecule has 0 aliphatic carbocycles. The maximum atomic E-state index is 12.0. The number of hydrogen-bond donors (Lipinski definition) is 2. The molecular formula is C22H41NO3S6. The lowest BCUT2D eigenvalue weighted by Gasteiger charge is -2.27. The number of carboxylic acids is 1. The molecule has 0 aromatic heterocycles. The predicted octanol–water partition coefficient (Wildman–Crippen LogP) is 9.03.